The van der Waals surface area contributed by atoms with Crippen LogP contribution >= 0.6 is 15.8 Å². The van der Waals surface area contributed by atoms with Crippen LogP contribution in [-0.4, -0.2) is 5.40 Å². The van der Waals surface area contributed by atoms with Crippen LogP contribution < -0.4 is 21.2 Å². The summed E-state index contributed by atoms with van der Waals surface area (Å²) in [7, 11) is -1.61. The molecule has 0 nitrogen and oxygen atoms in total. The Hall–Kier alpha value is -4.34. The minimum Gasteiger partial charge on any atom is -0.0654 e. The van der Waals surface area contributed by atoms with Gasteiger partial charge >= 0.3 is 0 Å². The highest BCUT2D eigenvalue weighted by molar-refractivity contribution is 7.90. The third-order valence-corrected chi connectivity index (χ3v) is 17.0. The summed E-state index contributed by atoms with van der Waals surface area (Å²) >= 11 is 0. The van der Waals surface area contributed by atoms with Crippen molar-refractivity contribution in [1.29, 1.82) is 0 Å². The van der Waals surface area contributed by atoms with Gasteiger partial charge in [-0.15, -0.1) is 0 Å². The van der Waals surface area contributed by atoms with Gasteiger partial charge in [0.15, 0.2) is 0 Å². The lowest BCUT2D eigenvalue weighted by atomic mass is 10.1. The number of rotatable bonds is 12. The molecule has 0 atom stereocenters. The first-order valence-corrected chi connectivity index (χ1v) is 21.1. The van der Waals surface area contributed by atoms with Gasteiger partial charge < -0.3 is 0 Å². The molecule has 0 aliphatic rings. The second kappa shape index (κ2) is 15.3. The van der Waals surface area contributed by atoms with Crippen molar-refractivity contribution >= 4 is 80.2 Å². The molecule has 0 amide bonds. The van der Waals surface area contributed by atoms with Crippen molar-refractivity contribution in [2.75, 3.05) is 0 Å². The first kappa shape index (κ1) is 32.8. The van der Waals surface area contributed by atoms with E-state index in [-0.39, 0.29) is 0 Å². The van der Waals surface area contributed by atoms with Gasteiger partial charge in [-0.05, 0) is 86.6 Å². The van der Waals surface area contributed by atoms with Gasteiger partial charge in [-0.25, -0.2) is 0 Å². The Morgan fingerprint density at radius 2 is 0.640 bits per heavy atom. The fraction of sp³-hybridized carbons (Fsp3) is 0.167. The van der Waals surface area contributed by atoms with Gasteiger partial charge in [0.2, 0.25) is 0 Å². The van der Waals surface area contributed by atoms with E-state index in [9.17, 15) is 0 Å². The minimum absolute atomic E-state index is 0.426. The predicted octanol–water partition coefficient (Wildman–Crippen LogP) is 12.6. The summed E-state index contributed by atoms with van der Waals surface area (Å²) in [5, 5.41) is 17.4. The van der Waals surface area contributed by atoms with Crippen LogP contribution in [0.1, 0.15) is 45.4 Å². The van der Waals surface area contributed by atoms with Crippen LogP contribution in [0.15, 0.2) is 170 Å². The maximum Gasteiger partial charge on any atom is 0.0155 e. The summed E-state index contributed by atoms with van der Waals surface area (Å²) < 4.78 is 0. The van der Waals surface area contributed by atoms with Crippen LogP contribution in [0.3, 0.4) is 0 Å². The molecule has 0 N–H and O–H groups in total. The van der Waals surface area contributed by atoms with E-state index >= 15 is 0 Å². The van der Waals surface area contributed by atoms with Crippen LogP contribution in [0.25, 0.3) is 43.1 Å². The number of benzene rings is 8. The van der Waals surface area contributed by atoms with Gasteiger partial charge in [-0.2, -0.15) is 0 Å². The molecule has 8 rings (SSSR count). The zero-order valence-corrected chi connectivity index (χ0v) is 30.7. The molecular weight excluding hydrogens is 638 g/mol. The van der Waals surface area contributed by atoms with Crippen molar-refractivity contribution < 1.29 is 0 Å². The van der Waals surface area contributed by atoms with Crippen molar-refractivity contribution in [1.82, 2.24) is 0 Å². The quantitative estimate of drug-likeness (QED) is 0.0889. The third kappa shape index (κ3) is 6.49. The van der Waals surface area contributed by atoms with E-state index in [1.807, 2.05) is 0 Å². The van der Waals surface area contributed by atoms with Gasteiger partial charge in [-0.3, -0.25) is 0 Å². The van der Waals surface area contributed by atoms with E-state index in [4.69, 9.17) is 0 Å². The Morgan fingerprint density at radius 1 is 0.340 bits per heavy atom. The first-order valence-electron chi connectivity index (χ1n) is 18.3. The average Bonchev–Trinajstić information content (AvgIpc) is 3.18. The van der Waals surface area contributed by atoms with Crippen LogP contribution in [0, 0.1) is 0 Å². The Kier molecular flexibility index (Phi) is 10.0. The van der Waals surface area contributed by atoms with Crippen LogP contribution in [-0.2, 0) is 0 Å². The molecule has 0 spiro atoms. The molecule has 0 bridgehead atoms. The summed E-state index contributed by atoms with van der Waals surface area (Å²) in [6, 6.07) is 64.8. The molecule has 50 heavy (non-hydrogen) atoms. The Bertz CT molecular complexity index is 2050. The van der Waals surface area contributed by atoms with Crippen molar-refractivity contribution in [3.8, 4) is 0 Å². The van der Waals surface area contributed by atoms with Crippen LogP contribution in [0.4, 0.5) is 0 Å². The summed E-state index contributed by atoms with van der Waals surface area (Å²) in [6.45, 7) is 2.32. The lowest BCUT2D eigenvalue weighted by Gasteiger charge is -2.38. The maximum atomic E-state index is 2.47. The van der Waals surface area contributed by atoms with E-state index in [1.54, 1.807) is 0 Å². The van der Waals surface area contributed by atoms with Crippen molar-refractivity contribution in [2.24, 2.45) is 0 Å². The van der Waals surface area contributed by atoms with E-state index in [1.165, 1.54) is 103 Å². The molecule has 246 valence electrons. The zero-order valence-electron chi connectivity index (χ0n) is 28.9. The van der Waals surface area contributed by atoms with Crippen molar-refractivity contribution in [3.05, 3.63) is 170 Å². The summed E-state index contributed by atoms with van der Waals surface area (Å²) in [4.78, 5) is 0. The number of hydrogen-bond acceptors (Lipinski definition) is 0. The van der Waals surface area contributed by atoms with Gasteiger partial charge in [0.25, 0.3) is 0 Å². The van der Waals surface area contributed by atoms with Crippen LogP contribution in [0.5, 0.6) is 0 Å². The first-order chi connectivity index (χ1) is 24.8. The third-order valence-electron chi connectivity index (χ3n) is 10.3. The molecule has 8 aromatic carbocycles. The number of unbranched alkanes of at least 4 members (excludes halogenated alkanes) is 4. The Morgan fingerprint density at radius 3 is 0.980 bits per heavy atom. The van der Waals surface area contributed by atoms with E-state index < -0.39 is 15.8 Å². The summed E-state index contributed by atoms with van der Waals surface area (Å²) in [6.07, 6.45) is 7.61. The maximum absolute atomic E-state index is 2.47. The molecule has 0 aromatic heterocycles. The number of hydrogen-bond donors (Lipinski definition) is 0. The number of fused-ring (bicyclic) bond motifs is 4. The molecule has 0 saturated carbocycles. The van der Waals surface area contributed by atoms with E-state index in [2.05, 4.69) is 177 Å². The molecule has 2 heteroatoms. The second-order valence-corrected chi connectivity index (χ2v) is 18.5. The normalized spacial score (nSPS) is 11.9. The van der Waals surface area contributed by atoms with Crippen molar-refractivity contribution in [2.45, 2.75) is 50.8 Å². The van der Waals surface area contributed by atoms with Gasteiger partial charge in [0.1, 0.15) is 0 Å². The molecule has 0 fully saturated rings. The van der Waals surface area contributed by atoms with Crippen molar-refractivity contribution in [3.63, 3.8) is 0 Å². The predicted molar refractivity (Wildman–Crippen MR) is 225 cm³/mol. The fourth-order valence-corrected chi connectivity index (χ4v) is 15.8. The average molecular weight is 683 g/mol. The highest BCUT2D eigenvalue weighted by Crippen LogP contribution is 2.60. The van der Waals surface area contributed by atoms with Crippen LogP contribution in [0.2, 0.25) is 0 Å². The van der Waals surface area contributed by atoms with Gasteiger partial charge in [-0.1, -0.05) is 209 Å². The molecule has 0 unspecified atom stereocenters. The lowest BCUT2D eigenvalue weighted by molar-refractivity contribution is 0.621. The molecule has 0 saturated heterocycles. The summed E-state index contributed by atoms with van der Waals surface area (Å²) in [5.41, 5.74) is 0. The SMILES string of the molecule is CCCCCCCC(P(c1cccc2ccccc12)c1cccc2ccccc12)P(c1cccc2ccccc12)c1cccc2ccccc12. The monoisotopic (exact) mass is 682 g/mol. The molecule has 8 aromatic rings. The highest BCUT2D eigenvalue weighted by Gasteiger charge is 2.36. The Labute approximate surface area is 299 Å². The lowest BCUT2D eigenvalue weighted by Crippen LogP contribution is -2.29. The van der Waals surface area contributed by atoms with Gasteiger partial charge in [0.05, 0.1) is 0 Å². The standard InChI is InChI=1S/C48H44P2/c1-2-3-4-5-6-35-48(49(44-31-15-23-36-19-7-11-27-40(36)44)45-32-16-24-37-20-8-12-28-41(37)45)50(46-33-17-25-38-21-9-13-29-42(38)46)47-34-18-26-39-22-10-14-30-43(39)47/h7-34,48H,2-6,35H2,1H3. The topological polar surface area (TPSA) is 0 Å². The van der Waals surface area contributed by atoms with E-state index in [0.717, 1.165) is 0 Å². The highest BCUT2D eigenvalue weighted by atomic mass is 31.2. The summed E-state index contributed by atoms with van der Waals surface area (Å²) in [5.74, 6) is 0. The second-order valence-electron chi connectivity index (χ2n) is 13.4. The zero-order chi connectivity index (χ0) is 33.7. The molecule has 0 aliphatic carbocycles. The van der Waals surface area contributed by atoms with Gasteiger partial charge in [0, 0.05) is 5.40 Å². The fourth-order valence-electron chi connectivity index (χ4n) is 7.88. The van der Waals surface area contributed by atoms with E-state index in [0.29, 0.717) is 5.40 Å². The largest absolute Gasteiger partial charge is 0.0654 e. The molecular formula is C48H44P2. The Balaban J connectivity index is 1.46. The molecule has 0 aliphatic heterocycles. The molecule has 0 heterocycles. The minimum atomic E-state index is -0.807. The smallest absolute Gasteiger partial charge is 0.0155 e. The molecule has 0 radical (unpaired) electrons.